The van der Waals surface area contributed by atoms with Gasteiger partial charge in [-0.3, -0.25) is 4.79 Å². The van der Waals surface area contributed by atoms with Crippen LogP contribution in [-0.2, 0) is 0 Å². The molecule has 0 bridgehead atoms. The van der Waals surface area contributed by atoms with Crippen LogP contribution in [-0.4, -0.2) is 11.6 Å². The molecule has 0 spiro atoms. The fourth-order valence-corrected chi connectivity index (χ4v) is 2.48. The quantitative estimate of drug-likeness (QED) is 0.630. The number of carbonyl (C=O) groups is 1. The highest BCUT2D eigenvalue weighted by Gasteiger charge is 2.37. The van der Waals surface area contributed by atoms with E-state index in [4.69, 9.17) is 0 Å². The molecule has 0 aromatic heterocycles. The summed E-state index contributed by atoms with van der Waals surface area (Å²) in [5.74, 6) is 0.294. The van der Waals surface area contributed by atoms with Gasteiger partial charge in [0.05, 0.1) is 0 Å². The van der Waals surface area contributed by atoms with Crippen LogP contribution in [0.25, 0.3) is 0 Å². The number of hydrogen-bond donors (Lipinski definition) is 1. The van der Waals surface area contributed by atoms with Crippen LogP contribution < -0.4 is 5.43 Å². The average molecular weight is 244 g/mol. The molecule has 4 heteroatoms. The number of halogens is 1. The van der Waals surface area contributed by atoms with Gasteiger partial charge in [-0.1, -0.05) is 18.2 Å². The van der Waals surface area contributed by atoms with Gasteiger partial charge in [-0.25, -0.2) is 9.82 Å². The first-order valence-electron chi connectivity index (χ1n) is 6.03. The van der Waals surface area contributed by atoms with E-state index >= 15 is 0 Å². The van der Waals surface area contributed by atoms with Crippen molar-refractivity contribution in [1.82, 2.24) is 5.43 Å². The highest BCUT2D eigenvalue weighted by atomic mass is 19.1. The molecule has 1 aromatic rings. The Labute approximate surface area is 104 Å². The maximum Gasteiger partial charge on any atom is 0.271 e. The molecule has 0 saturated heterocycles. The maximum atomic E-state index is 13.0. The van der Waals surface area contributed by atoms with Gasteiger partial charge in [-0.05, 0) is 37.0 Å². The molecule has 1 fully saturated rings. The Morgan fingerprint density at radius 1 is 1.44 bits per heavy atom. The number of nitrogens with zero attached hydrogens (tertiary/aromatic N) is 1. The first-order chi connectivity index (χ1) is 8.74. The van der Waals surface area contributed by atoms with Crippen LogP contribution in [0.1, 0.15) is 23.2 Å². The molecule has 2 atom stereocenters. The van der Waals surface area contributed by atoms with Crippen molar-refractivity contribution in [2.24, 2.45) is 16.9 Å². The number of hydrogen-bond acceptors (Lipinski definition) is 2. The molecule has 3 nitrogen and oxygen atoms in total. The van der Waals surface area contributed by atoms with Crippen LogP contribution in [0.5, 0.6) is 0 Å². The number of benzene rings is 1. The van der Waals surface area contributed by atoms with Crippen molar-refractivity contribution in [1.29, 1.82) is 0 Å². The molecule has 1 amide bonds. The minimum absolute atomic E-state index is 0.291. The maximum absolute atomic E-state index is 13.0. The molecule has 0 heterocycles. The number of rotatable bonds is 2. The van der Waals surface area contributed by atoms with E-state index in [9.17, 15) is 9.18 Å². The minimum Gasteiger partial charge on any atom is -0.267 e. The zero-order valence-corrected chi connectivity index (χ0v) is 9.77. The lowest BCUT2D eigenvalue weighted by molar-refractivity contribution is 0.0953. The molecule has 3 rings (SSSR count). The smallest absolute Gasteiger partial charge is 0.267 e. The van der Waals surface area contributed by atoms with Gasteiger partial charge < -0.3 is 0 Å². The third-order valence-corrected chi connectivity index (χ3v) is 3.55. The number of amides is 1. The molecule has 1 aromatic carbocycles. The second-order valence-corrected chi connectivity index (χ2v) is 4.69. The Kier molecular flexibility index (Phi) is 2.70. The van der Waals surface area contributed by atoms with Gasteiger partial charge in [0.15, 0.2) is 0 Å². The Balaban J connectivity index is 1.64. The van der Waals surface area contributed by atoms with Crippen LogP contribution in [0.3, 0.4) is 0 Å². The highest BCUT2D eigenvalue weighted by Crippen LogP contribution is 2.40. The molecule has 1 N–H and O–H groups in total. The predicted molar refractivity (Wildman–Crippen MR) is 66.7 cm³/mol. The van der Waals surface area contributed by atoms with Gasteiger partial charge in [0, 0.05) is 17.2 Å². The number of carbonyl (C=O) groups excluding carboxylic acids is 1. The average Bonchev–Trinajstić information content (AvgIpc) is 2.71. The topological polar surface area (TPSA) is 41.5 Å². The van der Waals surface area contributed by atoms with E-state index in [1.54, 1.807) is 6.07 Å². The second kappa shape index (κ2) is 4.37. The molecular weight excluding hydrogens is 231 g/mol. The highest BCUT2D eigenvalue weighted by molar-refractivity contribution is 5.98. The van der Waals surface area contributed by atoms with Crippen LogP contribution in [0.15, 0.2) is 41.5 Å². The van der Waals surface area contributed by atoms with E-state index in [0.717, 1.165) is 18.6 Å². The first kappa shape index (κ1) is 11.1. The molecule has 0 aliphatic heterocycles. The summed E-state index contributed by atoms with van der Waals surface area (Å²) in [7, 11) is 0. The molecule has 2 aliphatic rings. The lowest BCUT2D eigenvalue weighted by Crippen LogP contribution is -2.35. The summed E-state index contributed by atoms with van der Waals surface area (Å²) in [6, 6.07) is 5.59. The van der Waals surface area contributed by atoms with E-state index in [2.05, 4.69) is 22.7 Å². The van der Waals surface area contributed by atoms with Gasteiger partial charge in [0.25, 0.3) is 5.91 Å². The minimum atomic E-state index is -0.418. The van der Waals surface area contributed by atoms with Gasteiger partial charge >= 0.3 is 0 Å². The third-order valence-electron chi connectivity index (χ3n) is 3.55. The van der Waals surface area contributed by atoms with Crippen molar-refractivity contribution in [3.63, 3.8) is 0 Å². The van der Waals surface area contributed by atoms with Crippen molar-refractivity contribution in [2.75, 3.05) is 0 Å². The van der Waals surface area contributed by atoms with Gasteiger partial charge in [0.2, 0.25) is 0 Å². The summed E-state index contributed by atoms with van der Waals surface area (Å²) in [5, 5.41) is 4.13. The van der Waals surface area contributed by atoms with Crippen molar-refractivity contribution in [2.45, 2.75) is 12.8 Å². The first-order valence-corrected chi connectivity index (χ1v) is 6.03. The van der Waals surface area contributed by atoms with Gasteiger partial charge in [-0.2, -0.15) is 5.10 Å². The Hall–Kier alpha value is -1.97. The van der Waals surface area contributed by atoms with Crippen molar-refractivity contribution in [3.05, 3.63) is 47.8 Å². The molecule has 0 radical (unpaired) electrons. The summed E-state index contributed by atoms with van der Waals surface area (Å²) < 4.78 is 13.0. The Bertz CT molecular complexity index is 550. The molecule has 0 unspecified atom stereocenters. The third kappa shape index (κ3) is 1.94. The van der Waals surface area contributed by atoms with Crippen LogP contribution >= 0.6 is 0 Å². The summed E-state index contributed by atoms with van der Waals surface area (Å²) in [5.41, 5.74) is 3.82. The zero-order valence-electron chi connectivity index (χ0n) is 9.77. The number of hydrazone groups is 1. The molecule has 1 saturated carbocycles. The summed E-state index contributed by atoms with van der Waals surface area (Å²) >= 11 is 0. The van der Waals surface area contributed by atoms with Crippen LogP contribution in [0, 0.1) is 17.7 Å². The van der Waals surface area contributed by atoms with E-state index in [-0.39, 0.29) is 5.91 Å². The normalized spacial score (nSPS) is 26.8. The van der Waals surface area contributed by atoms with E-state index in [1.165, 1.54) is 18.2 Å². The predicted octanol–water partition coefficient (Wildman–Crippen LogP) is 2.51. The fourth-order valence-electron chi connectivity index (χ4n) is 2.48. The number of allylic oxidation sites excluding steroid dienone is 2. The molecule has 18 heavy (non-hydrogen) atoms. The van der Waals surface area contributed by atoms with Crippen LogP contribution in [0.2, 0.25) is 0 Å². The molecule has 92 valence electrons. The fraction of sp³-hybridized carbons (Fsp3) is 0.286. The SMILES string of the molecule is O=C(N/N=C1\C[C@H]2C=CC[C@H]12)c1cccc(F)c1. The Morgan fingerprint density at radius 3 is 3.11 bits per heavy atom. The van der Waals surface area contributed by atoms with Crippen molar-refractivity contribution in [3.8, 4) is 0 Å². The summed E-state index contributed by atoms with van der Waals surface area (Å²) in [6.45, 7) is 0. The van der Waals surface area contributed by atoms with Crippen molar-refractivity contribution >= 4 is 11.6 Å². The molecular formula is C14H13FN2O. The second-order valence-electron chi connectivity index (χ2n) is 4.69. The van der Waals surface area contributed by atoms with E-state index in [1.807, 2.05) is 0 Å². The largest absolute Gasteiger partial charge is 0.271 e. The number of nitrogens with one attached hydrogen (secondary N) is 1. The lowest BCUT2D eigenvalue weighted by Gasteiger charge is -2.31. The Morgan fingerprint density at radius 2 is 2.33 bits per heavy atom. The van der Waals surface area contributed by atoms with Crippen molar-refractivity contribution < 1.29 is 9.18 Å². The van der Waals surface area contributed by atoms with E-state index in [0.29, 0.717) is 17.4 Å². The lowest BCUT2D eigenvalue weighted by atomic mass is 9.74. The van der Waals surface area contributed by atoms with Gasteiger partial charge in [0.1, 0.15) is 5.82 Å². The standard InChI is InChI=1S/C14H13FN2O/c15-11-5-1-4-10(7-11)14(18)17-16-13-8-9-3-2-6-12(9)13/h1-5,7,9,12H,6,8H2,(H,17,18)/b16-13+/t9-,12+/m1/s1. The van der Waals surface area contributed by atoms with E-state index < -0.39 is 5.82 Å². The summed E-state index contributed by atoms with van der Waals surface area (Å²) in [4.78, 5) is 11.7. The monoisotopic (exact) mass is 244 g/mol. The summed E-state index contributed by atoms with van der Waals surface area (Å²) in [6.07, 6.45) is 6.30. The van der Waals surface area contributed by atoms with Gasteiger partial charge in [-0.15, -0.1) is 0 Å². The zero-order chi connectivity index (χ0) is 12.5. The number of fused-ring (bicyclic) bond motifs is 1. The molecule has 2 aliphatic carbocycles. The van der Waals surface area contributed by atoms with Crippen LogP contribution in [0.4, 0.5) is 4.39 Å².